The van der Waals surface area contributed by atoms with Crippen LogP contribution in [-0.4, -0.2) is 51.7 Å². The van der Waals surface area contributed by atoms with Gasteiger partial charge in [-0.15, -0.1) is 0 Å². The van der Waals surface area contributed by atoms with Crippen molar-refractivity contribution in [3.8, 4) is 0 Å². The molecule has 0 radical (unpaired) electrons. The van der Waals surface area contributed by atoms with Gasteiger partial charge in [-0.05, 0) is 12.1 Å². The third-order valence-electron chi connectivity index (χ3n) is 4.07. The van der Waals surface area contributed by atoms with Crippen LogP contribution < -0.4 is 0 Å². The molecule has 0 atom stereocenters. The van der Waals surface area contributed by atoms with Crippen molar-refractivity contribution in [1.82, 2.24) is 19.6 Å². The number of hydrogen-bond acceptors (Lipinski definition) is 3. The quantitative estimate of drug-likeness (QED) is 0.809. The number of aromatic nitrogens is 2. The second-order valence-corrected chi connectivity index (χ2v) is 6.96. The number of carbonyl (C=O) groups is 1. The monoisotopic (exact) mass is 386 g/mol. The lowest BCUT2D eigenvalue weighted by Gasteiger charge is -2.35. The molecule has 3 rings (SSSR count). The van der Waals surface area contributed by atoms with Gasteiger partial charge in [-0.2, -0.15) is 5.10 Å². The van der Waals surface area contributed by atoms with Gasteiger partial charge in [0.1, 0.15) is 6.54 Å². The van der Waals surface area contributed by atoms with Crippen LogP contribution in [0, 0.1) is 0 Å². The summed E-state index contributed by atoms with van der Waals surface area (Å²) >= 11 is 18.3. The van der Waals surface area contributed by atoms with Crippen LogP contribution in [-0.2, 0) is 17.9 Å². The summed E-state index contributed by atoms with van der Waals surface area (Å²) in [7, 11) is 0. The van der Waals surface area contributed by atoms with Gasteiger partial charge < -0.3 is 4.90 Å². The van der Waals surface area contributed by atoms with E-state index in [1.165, 1.54) is 6.20 Å². The normalized spacial score (nSPS) is 15.7. The first-order valence-corrected chi connectivity index (χ1v) is 8.77. The zero-order valence-electron chi connectivity index (χ0n) is 13.0. The molecule has 1 aromatic heterocycles. The molecule has 5 nitrogen and oxygen atoms in total. The van der Waals surface area contributed by atoms with Crippen LogP contribution in [0.25, 0.3) is 0 Å². The number of hydrogen-bond donors (Lipinski definition) is 0. The van der Waals surface area contributed by atoms with E-state index in [0.29, 0.717) is 34.7 Å². The van der Waals surface area contributed by atoms with E-state index >= 15 is 0 Å². The molecule has 0 unspecified atom stereocenters. The smallest absolute Gasteiger partial charge is 0.244 e. The van der Waals surface area contributed by atoms with Gasteiger partial charge >= 0.3 is 0 Å². The standard InChI is InChI=1S/C16H17Cl3N4O/c17-12-8-20-23(9-12)11-16(24)22-6-4-21(5-7-22)10-13-14(18)2-1-3-15(13)19/h1-3,8-9H,4-7,10-11H2. The summed E-state index contributed by atoms with van der Waals surface area (Å²) in [6, 6.07) is 5.53. The van der Waals surface area contributed by atoms with Crippen molar-refractivity contribution in [3.05, 3.63) is 51.2 Å². The van der Waals surface area contributed by atoms with Crippen molar-refractivity contribution in [3.63, 3.8) is 0 Å². The lowest BCUT2D eigenvalue weighted by atomic mass is 10.2. The van der Waals surface area contributed by atoms with Crippen LogP contribution in [0.4, 0.5) is 0 Å². The number of halogens is 3. The number of carbonyl (C=O) groups excluding carboxylic acids is 1. The van der Waals surface area contributed by atoms with Gasteiger partial charge in [0.15, 0.2) is 0 Å². The van der Waals surface area contributed by atoms with Crippen molar-refractivity contribution >= 4 is 40.7 Å². The molecule has 1 fully saturated rings. The first-order valence-electron chi connectivity index (χ1n) is 7.64. The van der Waals surface area contributed by atoms with E-state index in [-0.39, 0.29) is 12.5 Å². The zero-order chi connectivity index (χ0) is 17.1. The van der Waals surface area contributed by atoms with E-state index in [1.54, 1.807) is 10.9 Å². The van der Waals surface area contributed by atoms with E-state index in [9.17, 15) is 4.79 Å². The molecule has 0 aliphatic carbocycles. The second kappa shape index (κ2) is 7.74. The summed E-state index contributed by atoms with van der Waals surface area (Å²) < 4.78 is 1.56. The first kappa shape index (κ1) is 17.5. The van der Waals surface area contributed by atoms with E-state index in [2.05, 4.69) is 10.00 Å². The van der Waals surface area contributed by atoms with Crippen molar-refractivity contribution in [2.45, 2.75) is 13.1 Å². The second-order valence-electron chi connectivity index (χ2n) is 5.71. The van der Waals surface area contributed by atoms with Gasteiger partial charge in [-0.25, -0.2) is 0 Å². The summed E-state index contributed by atoms with van der Waals surface area (Å²) in [6.07, 6.45) is 3.18. The van der Waals surface area contributed by atoms with Gasteiger partial charge in [0.2, 0.25) is 5.91 Å². The molecule has 1 aliphatic heterocycles. The van der Waals surface area contributed by atoms with Gasteiger partial charge in [0.25, 0.3) is 0 Å². The van der Waals surface area contributed by atoms with Gasteiger partial charge in [-0.3, -0.25) is 14.4 Å². The molecule has 0 saturated carbocycles. The van der Waals surface area contributed by atoms with E-state index in [0.717, 1.165) is 18.7 Å². The highest BCUT2D eigenvalue weighted by atomic mass is 35.5. The lowest BCUT2D eigenvalue weighted by Crippen LogP contribution is -2.49. The Labute approximate surface area is 155 Å². The fraction of sp³-hybridized carbons (Fsp3) is 0.375. The van der Waals surface area contributed by atoms with Crippen molar-refractivity contribution in [2.24, 2.45) is 0 Å². The van der Waals surface area contributed by atoms with Crippen LogP contribution in [0.3, 0.4) is 0 Å². The third-order valence-corrected chi connectivity index (χ3v) is 4.97. The van der Waals surface area contributed by atoms with E-state index in [4.69, 9.17) is 34.8 Å². The van der Waals surface area contributed by atoms with Gasteiger partial charge in [0.05, 0.1) is 11.2 Å². The highest BCUT2D eigenvalue weighted by Crippen LogP contribution is 2.26. The maximum absolute atomic E-state index is 12.3. The molecule has 1 saturated heterocycles. The first-order chi connectivity index (χ1) is 11.5. The predicted molar refractivity (Wildman–Crippen MR) is 95.6 cm³/mol. The molecule has 0 N–H and O–H groups in total. The fourth-order valence-corrected chi connectivity index (χ4v) is 3.40. The highest BCUT2D eigenvalue weighted by molar-refractivity contribution is 6.36. The number of amides is 1. The molecule has 1 amide bonds. The topological polar surface area (TPSA) is 41.4 Å². The summed E-state index contributed by atoms with van der Waals surface area (Å²) in [5, 5.41) is 5.92. The van der Waals surface area contributed by atoms with E-state index in [1.807, 2.05) is 23.1 Å². The van der Waals surface area contributed by atoms with Crippen molar-refractivity contribution < 1.29 is 4.79 Å². The number of rotatable bonds is 4. The minimum absolute atomic E-state index is 0.0465. The van der Waals surface area contributed by atoms with Crippen molar-refractivity contribution in [1.29, 1.82) is 0 Å². The predicted octanol–water partition coefficient (Wildman–Crippen LogP) is 3.19. The Morgan fingerprint density at radius 3 is 2.33 bits per heavy atom. The lowest BCUT2D eigenvalue weighted by molar-refractivity contribution is -0.133. The Morgan fingerprint density at radius 1 is 1.08 bits per heavy atom. The molecule has 24 heavy (non-hydrogen) atoms. The number of piperazine rings is 1. The summed E-state index contributed by atoms with van der Waals surface area (Å²) in [5.41, 5.74) is 0.937. The third kappa shape index (κ3) is 4.22. The molecule has 2 aromatic rings. The van der Waals surface area contributed by atoms with Crippen molar-refractivity contribution in [2.75, 3.05) is 26.2 Å². The number of nitrogens with zero attached hydrogens (tertiary/aromatic N) is 4. The maximum atomic E-state index is 12.3. The number of benzene rings is 1. The molecule has 8 heteroatoms. The Balaban J connectivity index is 1.53. The summed E-state index contributed by atoms with van der Waals surface area (Å²) in [4.78, 5) is 16.4. The molecule has 2 heterocycles. The zero-order valence-corrected chi connectivity index (χ0v) is 15.2. The fourth-order valence-electron chi connectivity index (χ4n) is 2.73. The van der Waals surface area contributed by atoms with Crippen LogP contribution in [0.5, 0.6) is 0 Å². The Bertz CT molecular complexity index is 706. The molecular formula is C16H17Cl3N4O. The Kier molecular flexibility index (Phi) is 5.66. The molecule has 1 aliphatic rings. The average Bonchev–Trinajstić information content (AvgIpc) is 2.96. The van der Waals surface area contributed by atoms with Gasteiger partial charge in [0, 0.05) is 54.5 Å². The van der Waals surface area contributed by atoms with E-state index < -0.39 is 0 Å². The SMILES string of the molecule is O=C(Cn1cc(Cl)cn1)N1CCN(Cc2c(Cl)cccc2Cl)CC1. The van der Waals surface area contributed by atoms with Crippen LogP contribution >= 0.6 is 34.8 Å². The van der Waals surface area contributed by atoms with Crippen LogP contribution in [0.2, 0.25) is 15.1 Å². The summed E-state index contributed by atoms with van der Waals surface area (Å²) in [6.45, 7) is 3.82. The molecule has 128 valence electrons. The average molecular weight is 388 g/mol. The molecule has 0 spiro atoms. The minimum Gasteiger partial charge on any atom is -0.339 e. The summed E-state index contributed by atoms with van der Waals surface area (Å²) in [5.74, 6) is 0.0465. The largest absolute Gasteiger partial charge is 0.339 e. The highest BCUT2D eigenvalue weighted by Gasteiger charge is 2.22. The molecular weight excluding hydrogens is 371 g/mol. The Hall–Kier alpha value is -1.27. The minimum atomic E-state index is 0.0465. The van der Waals surface area contributed by atoms with Gasteiger partial charge in [-0.1, -0.05) is 40.9 Å². The molecule has 0 bridgehead atoms. The van der Waals surface area contributed by atoms with Crippen LogP contribution in [0.15, 0.2) is 30.6 Å². The molecule has 1 aromatic carbocycles. The van der Waals surface area contributed by atoms with Crippen LogP contribution in [0.1, 0.15) is 5.56 Å². The Morgan fingerprint density at radius 2 is 1.75 bits per heavy atom. The maximum Gasteiger partial charge on any atom is 0.244 e.